The molecule has 7 heteroatoms. The number of nitrogens with one attached hydrogen (secondary N) is 2. The topological polar surface area (TPSA) is 82.6 Å². The number of fused-ring (bicyclic) bond motifs is 2. The van der Waals surface area contributed by atoms with E-state index in [1.165, 1.54) is 6.33 Å². The van der Waals surface area contributed by atoms with Crippen molar-refractivity contribution >= 4 is 39.3 Å². The van der Waals surface area contributed by atoms with E-state index in [4.69, 9.17) is 0 Å². The Morgan fingerprint density at radius 3 is 2.78 bits per heavy atom. The van der Waals surface area contributed by atoms with Gasteiger partial charge in [0.25, 0.3) is 0 Å². The molecule has 7 nitrogen and oxygen atoms in total. The largest absolute Gasteiger partial charge is 0.363 e. The van der Waals surface area contributed by atoms with Crippen LogP contribution in [0.2, 0.25) is 0 Å². The number of H-pyrrole nitrogens is 1. The minimum Gasteiger partial charge on any atom is -0.363 e. The molecule has 3 aromatic heterocycles. The average molecular weight is 305 g/mol. The van der Waals surface area contributed by atoms with Crippen molar-refractivity contribution in [2.45, 2.75) is 0 Å². The summed E-state index contributed by atoms with van der Waals surface area (Å²) in [6, 6.07) is 7.92. The van der Waals surface area contributed by atoms with Gasteiger partial charge in [-0.05, 0) is 24.3 Å². The van der Waals surface area contributed by atoms with Crippen molar-refractivity contribution in [3.63, 3.8) is 0 Å². The number of aromatic nitrogens is 5. The number of nitrogens with zero attached hydrogens (tertiary/aromatic N) is 5. The highest BCUT2D eigenvalue weighted by molar-refractivity contribution is 5.92. The van der Waals surface area contributed by atoms with E-state index in [0.717, 1.165) is 39.3 Å². The van der Waals surface area contributed by atoms with Crippen LogP contribution >= 0.6 is 0 Å². The Labute approximate surface area is 132 Å². The van der Waals surface area contributed by atoms with Crippen LogP contribution in [-0.4, -0.2) is 39.0 Å². The molecule has 1 aromatic carbocycles. The van der Waals surface area contributed by atoms with Gasteiger partial charge in [-0.15, -0.1) is 0 Å². The molecular weight excluding hydrogens is 290 g/mol. The molecule has 0 saturated carbocycles. The highest BCUT2D eigenvalue weighted by atomic mass is 15.1. The lowest BCUT2D eigenvalue weighted by atomic mass is 10.2. The fourth-order valence-electron chi connectivity index (χ4n) is 2.44. The molecule has 0 atom stereocenters. The molecule has 4 aromatic rings. The van der Waals surface area contributed by atoms with Gasteiger partial charge < -0.3 is 15.2 Å². The van der Waals surface area contributed by atoms with Crippen LogP contribution < -0.4 is 10.2 Å². The summed E-state index contributed by atoms with van der Waals surface area (Å²) < 4.78 is 0. The Morgan fingerprint density at radius 2 is 1.91 bits per heavy atom. The summed E-state index contributed by atoms with van der Waals surface area (Å²) in [5.41, 5.74) is 3.65. The second-order valence-corrected chi connectivity index (χ2v) is 5.44. The summed E-state index contributed by atoms with van der Waals surface area (Å²) in [4.78, 5) is 22.3. The fraction of sp³-hybridized carbons (Fsp3) is 0.125. The van der Waals surface area contributed by atoms with Crippen LogP contribution in [0.3, 0.4) is 0 Å². The zero-order valence-electron chi connectivity index (χ0n) is 12.8. The molecule has 4 rings (SSSR count). The Hall–Kier alpha value is -3.22. The second-order valence-electron chi connectivity index (χ2n) is 5.44. The monoisotopic (exact) mass is 305 g/mol. The number of rotatable bonds is 3. The predicted octanol–water partition coefficient (Wildman–Crippen LogP) is 2.71. The summed E-state index contributed by atoms with van der Waals surface area (Å²) in [7, 11) is 3.91. The van der Waals surface area contributed by atoms with Crippen LogP contribution in [0.4, 0.5) is 17.3 Å². The quantitative estimate of drug-likeness (QED) is 0.605. The Bertz CT molecular complexity index is 990. The van der Waals surface area contributed by atoms with Gasteiger partial charge in [-0.2, -0.15) is 0 Å². The van der Waals surface area contributed by atoms with Crippen LogP contribution in [-0.2, 0) is 0 Å². The average Bonchev–Trinajstić information content (AvgIpc) is 3.02. The van der Waals surface area contributed by atoms with Crippen LogP contribution in [0, 0.1) is 0 Å². The van der Waals surface area contributed by atoms with Crippen LogP contribution in [0.1, 0.15) is 0 Å². The van der Waals surface area contributed by atoms with E-state index >= 15 is 0 Å². The van der Waals surface area contributed by atoms with E-state index in [1.54, 1.807) is 12.5 Å². The van der Waals surface area contributed by atoms with Crippen molar-refractivity contribution in [1.82, 2.24) is 24.9 Å². The van der Waals surface area contributed by atoms with Crippen LogP contribution in [0.5, 0.6) is 0 Å². The molecule has 114 valence electrons. The summed E-state index contributed by atoms with van der Waals surface area (Å²) in [6.07, 6.45) is 4.98. The second kappa shape index (κ2) is 5.20. The molecule has 0 fully saturated rings. The van der Waals surface area contributed by atoms with Crippen molar-refractivity contribution in [2.75, 3.05) is 24.3 Å². The zero-order valence-corrected chi connectivity index (χ0v) is 12.8. The van der Waals surface area contributed by atoms with Gasteiger partial charge in [0.15, 0.2) is 0 Å². The normalized spacial score (nSPS) is 11.0. The lowest BCUT2D eigenvalue weighted by Crippen LogP contribution is -2.10. The molecule has 3 heterocycles. The minimum absolute atomic E-state index is 0.749. The SMILES string of the molecule is CN(C)c1cc2c(Nc3ccc4nc[nH]c4c3)ncnc2cn1. The molecule has 2 N–H and O–H groups in total. The number of aromatic amines is 1. The van der Waals surface area contributed by atoms with Gasteiger partial charge in [-0.1, -0.05) is 0 Å². The predicted molar refractivity (Wildman–Crippen MR) is 91.0 cm³/mol. The first-order valence-electron chi connectivity index (χ1n) is 7.19. The number of anilines is 3. The number of hydrogen-bond acceptors (Lipinski definition) is 6. The van der Waals surface area contributed by atoms with Crippen molar-refractivity contribution in [3.8, 4) is 0 Å². The van der Waals surface area contributed by atoms with E-state index in [-0.39, 0.29) is 0 Å². The van der Waals surface area contributed by atoms with Gasteiger partial charge in [0, 0.05) is 25.2 Å². The highest BCUT2D eigenvalue weighted by Gasteiger charge is 2.08. The first kappa shape index (κ1) is 13.4. The maximum Gasteiger partial charge on any atom is 0.141 e. The van der Waals surface area contributed by atoms with Gasteiger partial charge in [0.1, 0.15) is 18.0 Å². The van der Waals surface area contributed by atoms with E-state index in [2.05, 4.69) is 30.2 Å². The molecule has 0 aliphatic carbocycles. The maximum absolute atomic E-state index is 4.38. The molecule has 23 heavy (non-hydrogen) atoms. The Morgan fingerprint density at radius 1 is 1.00 bits per heavy atom. The highest BCUT2D eigenvalue weighted by Crippen LogP contribution is 2.26. The van der Waals surface area contributed by atoms with E-state index in [1.807, 2.05) is 43.3 Å². The first-order chi connectivity index (χ1) is 11.2. The van der Waals surface area contributed by atoms with Gasteiger partial charge in [0.05, 0.1) is 29.1 Å². The molecule has 0 saturated heterocycles. The van der Waals surface area contributed by atoms with Crippen molar-refractivity contribution in [2.24, 2.45) is 0 Å². The van der Waals surface area contributed by atoms with Gasteiger partial charge in [-0.3, -0.25) is 0 Å². The van der Waals surface area contributed by atoms with Crippen molar-refractivity contribution in [1.29, 1.82) is 0 Å². The summed E-state index contributed by atoms with van der Waals surface area (Å²) in [6.45, 7) is 0. The number of imidazole rings is 1. The van der Waals surface area contributed by atoms with Crippen LogP contribution in [0.25, 0.3) is 21.9 Å². The Kier molecular flexibility index (Phi) is 3.04. The number of benzene rings is 1. The van der Waals surface area contributed by atoms with E-state index in [9.17, 15) is 0 Å². The van der Waals surface area contributed by atoms with Crippen molar-refractivity contribution in [3.05, 3.63) is 43.1 Å². The third-order valence-corrected chi connectivity index (χ3v) is 3.65. The fourth-order valence-corrected chi connectivity index (χ4v) is 2.44. The molecule has 0 radical (unpaired) electrons. The molecule has 0 amide bonds. The lowest BCUT2D eigenvalue weighted by molar-refractivity contribution is 1.07. The molecule has 0 unspecified atom stereocenters. The van der Waals surface area contributed by atoms with E-state index in [0.29, 0.717) is 0 Å². The number of pyridine rings is 1. The summed E-state index contributed by atoms with van der Waals surface area (Å²) >= 11 is 0. The van der Waals surface area contributed by atoms with Gasteiger partial charge in [0.2, 0.25) is 0 Å². The van der Waals surface area contributed by atoms with Crippen molar-refractivity contribution < 1.29 is 0 Å². The smallest absolute Gasteiger partial charge is 0.141 e. The third kappa shape index (κ3) is 2.42. The molecule has 0 aliphatic heterocycles. The molecule has 0 bridgehead atoms. The lowest BCUT2D eigenvalue weighted by Gasteiger charge is -2.13. The van der Waals surface area contributed by atoms with Gasteiger partial charge in [-0.25, -0.2) is 19.9 Å². The summed E-state index contributed by atoms with van der Waals surface area (Å²) in [5.74, 6) is 1.61. The number of hydrogen-bond donors (Lipinski definition) is 2. The third-order valence-electron chi connectivity index (χ3n) is 3.65. The zero-order chi connectivity index (χ0) is 15.8. The minimum atomic E-state index is 0.749. The Balaban J connectivity index is 1.79. The molecule has 0 spiro atoms. The molecular formula is C16H15N7. The summed E-state index contributed by atoms with van der Waals surface area (Å²) in [5, 5.41) is 4.28. The standard InChI is InChI=1S/C16H15N7/c1-23(2)15-6-11-14(7-17-15)20-9-21-16(11)22-10-3-4-12-13(5-10)19-8-18-12/h3-9H,1-2H3,(H,18,19)(H,20,21,22). The van der Waals surface area contributed by atoms with E-state index < -0.39 is 0 Å². The first-order valence-corrected chi connectivity index (χ1v) is 7.19. The molecule has 0 aliphatic rings. The van der Waals surface area contributed by atoms with Crippen LogP contribution in [0.15, 0.2) is 43.1 Å². The maximum atomic E-state index is 4.38. The van der Waals surface area contributed by atoms with Gasteiger partial charge >= 0.3 is 0 Å².